The molecule has 0 radical (unpaired) electrons. The SMILES string of the molecule is CC(C)N(c1ncnc(N2CCCCC2)n1)C(C)C. The summed E-state index contributed by atoms with van der Waals surface area (Å²) in [6, 6.07) is 0.771. The van der Waals surface area contributed by atoms with Crippen molar-refractivity contribution in [2.45, 2.75) is 59.0 Å². The predicted molar refractivity (Wildman–Crippen MR) is 78.6 cm³/mol. The lowest BCUT2D eigenvalue weighted by Gasteiger charge is -2.32. The molecule has 0 aliphatic carbocycles. The van der Waals surface area contributed by atoms with Crippen LogP contribution >= 0.6 is 0 Å². The fourth-order valence-corrected chi connectivity index (χ4v) is 2.71. The minimum absolute atomic E-state index is 0.386. The molecule has 5 heteroatoms. The Morgan fingerprint density at radius 3 is 2.21 bits per heavy atom. The highest BCUT2D eigenvalue weighted by atomic mass is 15.3. The van der Waals surface area contributed by atoms with Gasteiger partial charge in [-0.2, -0.15) is 4.98 Å². The van der Waals surface area contributed by atoms with Gasteiger partial charge in [-0.05, 0) is 47.0 Å². The van der Waals surface area contributed by atoms with Crippen LogP contribution in [0.25, 0.3) is 0 Å². The molecule has 0 unspecified atom stereocenters. The van der Waals surface area contributed by atoms with Crippen LogP contribution in [0.1, 0.15) is 47.0 Å². The lowest BCUT2D eigenvalue weighted by atomic mass is 10.1. The van der Waals surface area contributed by atoms with E-state index in [0.717, 1.165) is 25.0 Å². The minimum atomic E-state index is 0.386. The van der Waals surface area contributed by atoms with E-state index in [4.69, 9.17) is 0 Å². The lowest BCUT2D eigenvalue weighted by Crippen LogP contribution is -2.39. The summed E-state index contributed by atoms with van der Waals surface area (Å²) in [7, 11) is 0. The molecule has 1 aliphatic rings. The molecule has 2 rings (SSSR count). The van der Waals surface area contributed by atoms with Gasteiger partial charge in [0.25, 0.3) is 0 Å². The smallest absolute Gasteiger partial charge is 0.230 e. The zero-order chi connectivity index (χ0) is 13.8. The van der Waals surface area contributed by atoms with E-state index in [-0.39, 0.29) is 0 Å². The number of hydrogen-bond acceptors (Lipinski definition) is 5. The van der Waals surface area contributed by atoms with Crippen LogP contribution in [0.5, 0.6) is 0 Å². The Labute approximate surface area is 116 Å². The molecule has 0 aromatic carbocycles. The average Bonchev–Trinajstić information content (AvgIpc) is 2.39. The van der Waals surface area contributed by atoms with Crippen molar-refractivity contribution in [3.8, 4) is 0 Å². The molecule has 0 saturated carbocycles. The number of piperidine rings is 1. The van der Waals surface area contributed by atoms with Crippen molar-refractivity contribution in [2.24, 2.45) is 0 Å². The Morgan fingerprint density at radius 1 is 1.00 bits per heavy atom. The first-order chi connectivity index (χ1) is 9.09. The van der Waals surface area contributed by atoms with Crippen molar-refractivity contribution in [1.29, 1.82) is 0 Å². The molecule has 1 saturated heterocycles. The van der Waals surface area contributed by atoms with Crippen LogP contribution in [0.2, 0.25) is 0 Å². The highest BCUT2D eigenvalue weighted by Gasteiger charge is 2.20. The summed E-state index contributed by atoms with van der Waals surface area (Å²) in [5.74, 6) is 1.62. The Balaban J connectivity index is 2.22. The third-order valence-electron chi connectivity index (χ3n) is 3.53. The average molecular weight is 263 g/mol. The largest absolute Gasteiger partial charge is 0.341 e. The van der Waals surface area contributed by atoms with Crippen molar-refractivity contribution in [3.05, 3.63) is 6.33 Å². The van der Waals surface area contributed by atoms with Crippen molar-refractivity contribution in [1.82, 2.24) is 15.0 Å². The van der Waals surface area contributed by atoms with Crippen molar-refractivity contribution < 1.29 is 0 Å². The molecule has 1 aromatic rings. The summed E-state index contributed by atoms with van der Waals surface area (Å²) < 4.78 is 0. The van der Waals surface area contributed by atoms with Gasteiger partial charge in [-0.1, -0.05) is 0 Å². The predicted octanol–water partition coefficient (Wildman–Crippen LogP) is 2.49. The van der Waals surface area contributed by atoms with Gasteiger partial charge in [-0.15, -0.1) is 0 Å². The standard InChI is InChI=1S/C14H25N5/c1-11(2)19(12(3)4)14-16-10-15-13(17-14)18-8-6-5-7-9-18/h10-12H,5-9H2,1-4H3. The minimum Gasteiger partial charge on any atom is -0.341 e. The summed E-state index contributed by atoms with van der Waals surface area (Å²) in [6.45, 7) is 10.8. The third-order valence-corrected chi connectivity index (χ3v) is 3.53. The van der Waals surface area contributed by atoms with E-state index in [0.29, 0.717) is 12.1 Å². The molecule has 0 atom stereocenters. The van der Waals surface area contributed by atoms with Crippen LogP contribution in [-0.2, 0) is 0 Å². The van der Waals surface area contributed by atoms with Gasteiger partial charge in [-0.25, -0.2) is 9.97 Å². The zero-order valence-electron chi connectivity index (χ0n) is 12.5. The summed E-state index contributed by atoms with van der Waals surface area (Å²) in [5, 5.41) is 0. The first kappa shape index (κ1) is 14.0. The maximum Gasteiger partial charge on any atom is 0.230 e. The molecule has 1 aliphatic heterocycles. The van der Waals surface area contributed by atoms with Gasteiger partial charge < -0.3 is 9.80 Å². The molecule has 5 nitrogen and oxygen atoms in total. The van der Waals surface area contributed by atoms with Crippen LogP contribution in [-0.4, -0.2) is 40.1 Å². The van der Waals surface area contributed by atoms with E-state index >= 15 is 0 Å². The summed E-state index contributed by atoms with van der Waals surface area (Å²) >= 11 is 0. The molecular formula is C14H25N5. The second-order valence-corrected chi connectivity index (χ2v) is 5.73. The van der Waals surface area contributed by atoms with Gasteiger partial charge in [0.1, 0.15) is 6.33 Å². The number of hydrogen-bond donors (Lipinski definition) is 0. The van der Waals surface area contributed by atoms with Crippen molar-refractivity contribution >= 4 is 11.9 Å². The van der Waals surface area contributed by atoms with Crippen molar-refractivity contribution in [3.63, 3.8) is 0 Å². The maximum atomic E-state index is 4.67. The van der Waals surface area contributed by atoms with Crippen LogP contribution in [0, 0.1) is 0 Å². The fraction of sp³-hybridized carbons (Fsp3) is 0.786. The zero-order valence-corrected chi connectivity index (χ0v) is 12.5. The highest BCUT2D eigenvalue weighted by molar-refractivity contribution is 5.39. The van der Waals surface area contributed by atoms with E-state index in [9.17, 15) is 0 Å². The monoisotopic (exact) mass is 263 g/mol. The topological polar surface area (TPSA) is 45.2 Å². The van der Waals surface area contributed by atoms with Crippen LogP contribution in [0.3, 0.4) is 0 Å². The number of rotatable bonds is 4. The van der Waals surface area contributed by atoms with Crippen LogP contribution < -0.4 is 9.80 Å². The van der Waals surface area contributed by atoms with Gasteiger partial charge in [0.2, 0.25) is 11.9 Å². The van der Waals surface area contributed by atoms with Crippen molar-refractivity contribution in [2.75, 3.05) is 22.9 Å². The van der Waals surface area contributed by atoms with Crippen LogP contribution in [0.15, 0.2) is 6.33 Å². The van der Waals surface area contributed by atoms with Gasteiger partial charge in [0.15, 0.2) is 0 Å². The van der Waals surface area contributed by atoms with E-state index in [1.54, 1.807) is 6.33 Å². The molecular weight excluding hydrogens is 238 g/mol. The first-order valence-electron chi connectivity index (χ1n) is 7.32. The molecule has 2 heterocycles. The maximum absolute atomic E-state index is 4.67. The van der Waals surface area contributed by atoms with E-state index < -0.39 is 0 Å². The van der Waals surface area contributed by atoms with Gasteiger partial charge in [0.05, 0.1) is 0 Å². The van der Waals surface area contributed by atoms with E-state index in [1.165, 1.54) is 19.3 Å². The van der Waals surface area contributed by atoms with Gasteiger partial charge in [0, 0.05) is 25.2 Å². The Morgan fingerprint density at radius 2 is 1.63 bits per heavy atom. The number of aromatic nitrogens is 3. The molecule has 0 spiro atoms. The summed E-state index contributed by atoms with van der Waals surface area (Å²) in [6.07, 6.45) is 5.43. The molecule has 0 amide bonds. The Bertz CT molecular complexity index is 391. The molecule has 19 heavy (non-hydrogen) atoms. The molecule has 1 aromatic heterocycles. The summed E-state index contributed by atoms with van der Waals surface area (Å²) in [4.78, 5) is 17.9. The highest BCUT2D eigenvalue weighted by Crippen LogP contribution is 2.19. The molecule has 0 N–H and O–H groups in total. The summed E-state index contributed by atoms with van der Waals surface area (Å²) in [5.41, 5.74) is 0. The van der Waals surface area contributed by atoms with E-state index in [2.05, 4.69) is 52.4 Å². The Hall–Kier alpha value is -1.39. The molecule has 0 bridgehead atoms. The first-order valence-corrected chi connectivity index (χ1v) is 7.32. The normalized spacial score (nSPS) is 16.2. The quantitative estimate of drug-likeness (QED) is 0.835. The fourth-order valence-electron chi connectivity index (χ4n) is 2.71. The van der Waals surface area contributed by atoms with Crippen LogP contribution in [0.4, 0.5) is 11.9 Å². The number of nitrogens with zero attached hydrogens (tertiary/aromatic N) is 5. The second kappa shape index (κ2) is 6.17. The second-order valence-electron chi connectivity index (χ2n) is 5.73. The lowest BCUT2D eigenvalue weighted by molar-refractivity contribution is 0.560. The molecule has 1 fully saturated rings. The third kappa shape index (κ3) is 3.33. The molecule has 106 valence electrons. The van der Waals surface area contributed by atoms with Gasteiger partial charge in [-0.3, -0.25) is 0 Å². The Kier molecular flexibility index (Phi) is 4.56. The van der Waals surface area contributed by atoms with Gasteiger partial charge >= 0.3 is 0 Å². The number of anilines is 2. The van der Waals surface area contributed by atoms with E-state index in [1.807, 2.05) is 0 Å².